The Bertz CT molecular complexity index is 689. The van der Waals surface area contributed by atoms with Crippen molar-refractivity contribution in [2.45, 2.75) is 30.5 Å². The van der Waals surface area contributed by atoms with Crippen molar-refractivity contribution in [1.29, 1.82) is 5.26 Å². The van der Waals surface area contributed by atoms with Gasteiger partial charge in [0.25, 0.3) is 0 Å². The Labute approximate surface area is 127 Å². The normalized spacial score (nSPS) is 17.4. The summed E-state index contributed by atoms with van der Waals surface area (Å²) in [4.78, 5) is 7.78. The van der Waals surface area contributed by atoms with Gasteiger partial charge >= 0.3 is 0 Å². The number of nitrogens with zero attached hydrogens (tertiary/aromatic N) is 2. The molecule has 6 heteroatoms. The molecule has 21 heavy (non-hydrogen) atoms. The van der Waals surface area contributed by atoms with E-state index in [0.717, 1.165) is 34.8 Å². The van der Waals surface area contributed by atoms with Crippen LogP contribution in [-0.2, 0) is 0 Å². The molecule has 2 aromatic rings. The number of nitriles is 1. The SMILES string of the molecule is CCOc1ccc2nc(SCC(N)(C#N)C3CC3)[nH]c2c1. The summed E-state index contributed by atoms with van der Waals surface area (Å²) in [5.74, 6) is 1.73. The van der Waals surface area contributed by atoms with Gasteiger partial charge in [0.2, 0.25) is 0 Å². The van der Waals surface area contributed by atoms with Gasteiger partial charge in [-0.15, -0.1) is 0 Å². The number of fused-ring (bicyclic) bond motifs is 1. The van der Waals surface area contributed by atoms with E-state index in [2.05, 4.69) is 16.0 Å². The second-order valence-corrected chi connectivity index (χ2v) is 6.33. The lowest BCUT2D eigenvalue weighted by atomic mass is 10.00. The molecule has 0 bridgehead atoms. The number of nitrogens with two attached hydrogens (primary N) is 1. The minimum Gasteiger partial charge on any atom is -0.494 e. The van der Waals surface area contributed by atoms with Crippen molar-refractivity contribution < 1.29 is 4.74 Å². The van der Waals surface area contributed by atoms with E-state index in [1.54, 1.807) is 0 Å². The number of thioether (sulfide) groups is 1. The molecule has 0 radical (unpaired) electrons. The highest BCUT2D eigenvalue weighted by atomic mass is 32.2. The molecular weight excluding hydrogens is 284 g/mol. The van der Waals surface area contributed by atoms with Crippen molar-refractivity contribution in [3.63, 3.8) is 0 Å². The van der Waals surface area contributed by atoms with Crippen LogP contribution in [0.5, 0.6) is 5.75 Å². The van der Waals surface area contributed by atoms with E-state index in [4.69, 9.17) is 10.5 Å². The van der Waals surface area contributed by atoms with E-state index in [-0.39, 0.29) is 0 Å². The summed E-state index contributed by atoms with van der Waals surface area (Å²) in [6, 6.07) is 8.05. The fourth-order valence-electron chi connectivity index (χ4n) is 2.32. The van der Waals surface area contributed by atoms with Crippen molar-refractivity contribution in [3.05, 3.63) is 18.2 Å². The van der Waals surface area contributed by atoms with Gasteiger partial charge in [0, 0.05) is 11.8 Å². The Morgan fingerprint density at radius 2 is 2.38 bits per heavy atom. The summed E-state index contributed by atoms with van der Waals surface area (Å²) in [6.45, 7) is 2.60. The van der Waals surface area contributed by atoms with Crippen LogP contribution < -0.4 is 10.5 Å². The number of aromatic amines is 1. The number of H-pyrrole nitrogens is 1. The maximum atomic E-state index is 9.27. The molecule has 0 amide bonds. The molecule has 1 aliphatic carbocycles. The van der Waals surface area contributed by atoms with Crippen LogP contribution in [0.1, 0.15) is 19.8 Å². The molecule has 1 aromatic carbocycles. The Hall–Kier alpha value is -1.71. The molecule has 1 atom stereocenters. The number of hydrogen-bond acceptors (Lipinski definition) is 5. The zero-order valence-electron chi connectivity index (χ0n) is 11.9. The first kappa shape index (κ1) is 14.2. The molecule has 3 N–H and O–H groups in total. The van der Waals surface area contributed by atoms with Gasteiger partial charge in [-0.3, -0.25) is 0 Å². The Balaban J connectivity index is 1.74. The largest absolute Gasteiger partial charge is 0.494 e. The van der Waals surface area contributed by atoms with Gasteiger partial charge in [0.1, 0.15) is 11.3 Å². The molecule has 1 aromatic heterocycles. The van der Waals surface area contributed by atoms with Crippen LogP contribution >= 0.6 is 11.8 Å². The Morgan fingerprint density at radius 1 is 1.57 bits per heavy atom. The maximum absolute atomic E-state index is 9.27. The third-order valence-corrected chi connectivity index (χ3v) is 4.79. The Kier molecular flexibility index (Phi) is 3.79. The average molecular weight is 302 g/mol. The number of imidazole rings is 1. The van der Waals surface area contributed by atoms with Crippen LogP contribution in [0.15, 0.2) is 23.4 Å². The third-order valence-electron chi connectivity index (χ3n) is 3.70. The second kappa shape index (κ2) is 5.58. The van der Waals surface area contributed by atoms with Gasteiger partial charge in [-0.25, -0.2) is 4.98 Å². The molecule has 1 heterocycles. The lowest BCUT2D eigenvalue weighted by Crippen LogP contribution is -2.43. The molecule has 1 fully saturated rings. The van der Waals surface area contributed by atoms with Crippen LogP contribution in [0.4, 0.5) is 0 Å². The minimum atomic E-state index is -0.736. The number of nitrogens with one attached hydrogen (secondary N) is 1. The fourth-order valence-corrected chi connectivity index (χ4v) is 3.34. The highest BCUT2D eigenvalue weighted by Crippen LogP contribution is 2.40. The van der Waals surface area contributed by atoms with Gasteiger partial charge in [0.15, 0.2) is 5.16 Å². The summed E-state index contributed by atoms with van der Waals surface area (Å²) >= 11 is 1.51. The molecule has 5 nitrogen and oxygen atoms in total. The molecule has 3 rings (SSSR count). The predicted octanol–water partition coefficient (Wildman–Crippen LogP) is 2.68. The van der Waals surface area contributed by atoms with Crippen LogP contribution in [-0.4, -0.2) is 27.9 Å². The topological polar surface area (TPSA) is 87.7 Å². The van der Waals surface area contributed by atoms with Crippen molar-refractivity contribution in [3.8, 4) is 11.8 Å². The average Bonchev–Trinajstić information content (AvgIpc) is 3.26. The third kappa shape index (κ3) is 2.99. The van der Waals surface area contributed by atoms with E-state index in [1.807, 2.05) is 25.1 Å². The first-order valence-electron chi connectivity index (χ1n) is 7.10. The highest BCUT2D eigenvalue weighted by Gasteiger charge is 2.42. The summed E-state index contributed by atoms with van der Waals surface area (Å²) in [7, 11) is 0. The molecule has 0 saturated heterocycles. The van der Waals surface area contributed by atoms with Gasteiger partial charge in [-0.1, -0.05) is 11.8 Å². The van der Waals surface area contributed by atoms with Crippen molar-refractivity contribution in [1.82, 2.24) is 9.97 Å². The lowest BCUT2D eigenvalue weighted by Gasteiger charge is -2.19. The molecule has 1 unspecified atom stereocenters. The molecule has 0 aliphatic heterocycles. The Morgan fingerprint density at radius 3 is 3.05 bits per heavy atom. The first-order valence-corrected chi connectivity index (χ1v) is 8.08. The molecule has 0 spiro atoms. The van der Waals surface area contributed by atoms with Crippen molar-refractivity contribution in [2.75, 3.05) is 12.4 Å². The van der Waals surface area contributed by atoms with Gasteiger partial charge in [0.05, 0.1) is 23.7 Å². The molecule has 1 aliphatic rings. The van der Waals surface area contributed by atoms with E-state index >= 15 is 0 Å². The summed E-state index contributed by atoms with van der Waals surface area (Å²) in [6.07, 6.45) is 2.12. The summed E-state index contributed by atoms with van der Waals surface area (Å²) in [5.41, 5.74) is 7.26. The van der Waals surface area contributed by atoms with E-state index in [0.29, 0.717) is 18.3 Å². The number of ether oxygens (including phenoxy) is 1. The second-order valence-electron chi connectivity index (χ2n) is 5.37. The molecule has 1 saturated carbocycles. The predicted molar refractivity (Wildman–Crippen MR) is 83.2 cm³/mol. The van der Waals surface area contributed by atoms with E-state index < -0.39 is 5.54 Å². The van der Waals surface area contributed by atoms with Crippen LogP contribution in [0, 0.1) is 17.2 Å². The fraction of sp³-hybridized carbons (Fsp3) is 0.467. The molecular formula is C15H18N4OS. The van der Waals surface area contributed by atoms with Crippen LogP contribution in [0.2, 0.25) is 0 Å². The molecule has 110 valence electrons. The number of aromatic nitrogens is 2. The van der Waals surface area contributed by atoms with Gasteiger partial charge in [-0.2, -0.15) is 5.26 Å². The van der Waals surface area contributed by atoms with Crippen LogP contribution in [0.3, 0.4) is 0 Å². The maximum Gasteiger partial charge on any atom is 0.166 e. The zero-order chi connectivity index (χ0) is 14.9. The van der Waals surface area contributed by atoms with E-state index in [1.165, 1.54) is 11.8 Å². The number of hydrogen-bond donors (Lipinski definition) is 2. The summed E-state index contributed by atoms with van der Waals surface area (Å²) in [5, 5.41) is 10.1. The smallest absolute Gasteiger partial charge is 0.166 e. The lowest BCUT2D eigenvalue weighted by molar-refractivity contribution is 0.340. The van der Waals surface area contributed by atoms with E-state index in [9.17, 15) is 5.26 Å². The number of benzene rings is 1. The van der Waals surface area contributed by atoms with Crippen LogP contribution in [0.25, 0.3) is 11.0 Å². The van der Waals surface area contributed by atoms with Crippen molar-refractivity contribution in [2.24, 2.45) is 11.7 Å². The number of rotatable bonds is 6. The van der Waals surface area contributed by atoms with Crippen molar-refractivity contribution >= 4 is 22.8 Å². The standard InChI is InChI=1S/C15H18N4OS/c1-2-20-11-5-6-12-13(7-11)19-14(18-12)21-9-15(17,8-16)10-3-4-10/h5-7,10H,2-4,9,17H2,1H3,(H,18,19). The quantitative estimate of drug-likeness (QED) is 0.801. The summed E-state index contributed by atoms with van der Waals surface area (Å²) < 4.78 is 5.48. The van der Waals surface area contributed by atoms with Gasteiger partial charge in [-0.05, 0) is 37.8 Å². The van der Waals surface area contributed by atoms with Gasteiger partial charge < -0.3 is 15.5 Å². The zero-order valence-corrected chi connectivity index (χ0v) is 12.7. The monoisotopic (exact) mass is 302 g/mol. The highest BCUT2D eigenvalue weighted by molar-refractivity contribution is 7.99. The first-order chi connectivity index (χ1) is 10.1. The minimum absolute atomic E-state index is 0.337.